The van der Waals surface area contributed by atoms with E-state index >= 15 is 0 Å². The number of benzene rings is 1. The summed E-state index contributed by atoms with van der Waals surface area (Å²) in [6.07, 6.45) is 0.508. The number of methoxy groups -OCH3 is 1. The van der Waals surface area contributed by atoms with Gasteiger partial charge in [-0.15, -0.1) is 0 Å². The lowest BCUT2D eigenvalue weighted by atomic mass is 10.1. The summed E-state index contributed by atoms with van der Waals surface area (Å²) >= 11 is 0. The number of hydrogen-bond donors (Lipinski definition) is 2. The minimum absolute atomic E-state index is 0.0704. The molecule has 0 atom stereocenters. The Morgan fingerprint density at radius 2 is 2.05 bits per heavy atom. The lowest BCUT2D eigenvalue weighted by Crippen LogP contribution is -2.38. The fourth-order valence-electron chi connectivity index (χ4n) is 1.43. The van der Waals surface area contributed by atoms with Crippen LogP contribution in [0.25, 0.3) is 0 Å². The molecule has 19 heavy (non-hydrogen) atoms. The molecule has 5 nitrogen and oxygen atoms in total. The van der Waals surface area contributed by atoms with Crippen LogP contribution in [0.5, 0.6) is 0 Å². The van der Waals surface area contributed by atoms with Crippen LogP contribution in [-0.2, 0) is 20.7 Å². The van der Waals surface area contributed by atoms with Gasteiger partial charge in [-0.05, 0) is 38.0 Å². The number of amides is 1. The SMILES string of the molecule is COC(C)(C)C(=O)Nc1cccc(CCC(=O)O)c1. The molecule has 1 aromatic carbocycles. The number of hydrogen-bond acceptors (Lipinski definition) is 3. The average molecular weight is 265 g/mol. The first-order valence-corrected chi connectivity index (χ1v) is 6.02. The summed E-state index contributed by atoms with van der Waals surface area (Å²) in [5, 5.41) is 11.4. The number of aryl methyl sites for hydroxylation is 1. The zero-order chi connectivity index (χ0) is 14.5. The van der Waals surface area contributed by atoms with Gasteiger partial charge in [-0.2, -0.15) is 0 Å². The van der Waals surface area contributed by atoms with E-state index in [0.717, 1.165) is 5.56 Å². The second kappa shape index (κ2) is 6.33. The quantitative estimate of drug-likeness (QED) is 0.825. The number of carbonyl (C=O) groups excluding carboxylic acids is 1. The summed E-state index contributed by atoms with van der Waals surface area (Å²) in [4.78, 5) is 22.4. The molecular formula is C14H19NO4. The summed E-state index contributed by atoms with van der Waals surface area (Å²) in [5.41, 5.74) is 0.602. The Morgan fingerprint density at radius 1 is 1.37 bits per heavy atom. The Morgan fingerprint density at radius 3 is 2.63 bits per heavy atom. The van der Waals surface area contributed by atoms with E-state index in [4.69, 9.17) is 9.84 Å². The van der Waals surface area contributed by atoms with Gasteiger partial charge in [0.25, 0.3) is 5.91 Å². The zero-order valence-corrected chi connectivity index (χ0v) is 11.4. The largest absolute Gasteiger partial charge is 0.481 e. The maximum Gasteiger partial charge on any atom is 0.303 e. The van der Waals surface area contributed by atoms with E-state index in [-0.39, 0.29) is 12.3 Å². The molecule has 0 unspecified atom stereocenters. The molecule has 1 amide bonds. The molecule has 0 saturated heterocycles. The third kappa shape index (κ3) is 4.71. The molecule has 0 aliphatic heterocycles. The smallest absolute Gasteiger partial charge is 0.303 e. The van der Waals surface area contributed by atoms with Gasteiger partial charge in [-0.3, -0.25) is 9.59 Å². The van der Waals surface area contributed by atoms with Crippen LogP contribution in [0.1, 0.15) is 25.8 Å². The normalized spacial score (nSPS) is 11.1. The van der Waals surface area contributed by atoms with Crippen molar-refractivity contribution < 1.29 is 19.4 Å². The van der Waals surface area contributed by atoms with Crippen LogP contribution >= 0.6 is 0 Å². The molecule has 0 aliphatic carbocycles. The van der Waals surface area contributed by atoms with Crippen molar-refractivity contribution >= 4 is 17.6 Å². The van der Waals surface area contributed by atoms with E-state index in [9.17, 15) is 9.59 Å². The summed E-state index contributed by atoms with van der Waals surface area (Å²) in [6.45, 7) is 3.35. The maximum atomic E-state index is 11.9. The molecule has 5 heteroatoms. The van der Waals surface area contributed by atoms with Gasteiger partial charge in [-0.1, -0.05) is 12.1 Å². The lowest BCUT2D eigenvalue weighted by molar-refractivity contribution is -0.137. The van der Waals surface area contributed by atoms with Crippen molar-refractivity contribution in [2.24, 2.45) is 0 Å². The Kier molecular flexibility index (Phi) is 5.06. The molecule has 2 N–H and O–H groups in total. The van der Waals surface area contributed by atoms with Gasteiger partial charge in [0, 0.05) is 19.2 Å². The van der Waals surface area contributed by atoms with Crippen LogP contribution in [-0.4, -0.2) is 29.7 Å². The fraction of sp³-hybridized carbons (Fsp3) is 0.429. The molecule has 104 valence electrons. The number of aliphatic carboxylic acids is 1. The van der Waals surface area contributed by atoms with Gasteiger partial charge < -0.3 is 15.2 Å². The van der Waals surface area contributed by atoms with E-state index in [0.29, 0.717) is 12.1 Å². The van der Waals surface area contributed by atoms with Gasteiger partial charge >= 0.3 is 5.97 Å². The molecule has 1 aromatic rings. The highest BCUT2D eigenvalue weighted by Crippen LogP contribution is 2.16. The number of anilines is 1. The van der Waals surface area contributed by atoms with Crippen LogP contribution in [0, 0.1) is 0 Å². The molecule has 0 spiro atoms. The predicted molar refractivity (Wildman–Crippen MR) is 72.1 cm³/mol. The highest BCUT2D eigenvalue weighted by atomic mass is 16.5. The lowest BCUT2D eigenvalue weighted by Gasteiger charge is -2.21. The average Bonchev–Trinajstić information content (AvgIpc) is 2.36. The molecule has 0 aromatic heterocycles. The summed E-state index contributed by atoms with van der Waals surface area (Å²) in [7, 11) is 1.48. The van der Waals surface area contributed by atoms with Gasteiger partial charge in [0.2, 0.25) is 0 Å². The molecule has 0 aliphatic rings. The second-order valence-corrected chi connectivity index (χ2v) is 4.76. The molecule has 0 fully saturated rings. The summed E-state index contributed by atoms with van der Waals surface area (Å²) in [6, 6.07) is 7.15. The van der Waals surface area contributed by atoms with E-state index in [2.05, 4.69) is 5.32 Å². The maximum absolute atomic E-state index is 11.9. The Balaban J connectivity index is 2.72. The molecule has 0 heterocycles. The number of carboxylic acid groups (broad SMARTS) is 1. The third-order valence-corrected chi connectivity index (χ3v) is 2.87. The zero-order valence-electron chi connectivity index (χ0n) is 11.4. The van der Waals surface area contributed by atoms with E-state index in [1.54, 1.807) is 32.0 Å². The van der Waals surface area contributed by atoms with Crippen LogP contribution in [0.4, 0.5) is 5.69 Å². The van der Waals surface area contributed by atoms with Gasteiger partial charge in [0.1, 0.15) is 5.60 Å². The van der Waals surface area contributed by atoms with Crippen molar-refractivity contribution in [3.63, 3.8) is 0 Å². The van der Waals surface area contributed by atoms with Crippen molar-refractivity contribution in [2.45, 2.75) is 32.3 Å². The Labute approximate surface area is 112 Å². The van der Waals surface area contributed by atoms with Crippen molar-refractivity contribution in [1.82, 2.24) is 0 Å². The monoisotopic (exact) mass is 265 g/mol. The van der Waals surface area contributed by atoms with Crippen molar-refractivity contribution in [2.75, 3.05) is 12.4 Å². The second-order valence-electron chi connectivity index (χ2n) is 4.76. The van der Waals surface area contributed by atoms with Gasteiger partial charge in [0.05, 0.1) is 0 Å². The number of rotatable bonds is 6. The molecule has 0 saturated carbocycles. The number of ether oxygens (including phenoxy) is 1. The Hall–Kier alpha value is -1.88. The third-order valence-electron chi connectivity index (χ3n) is 2.87. The molecule has 0 radical (unpaired) electrons. The van der Waals surface area contributed by atoms with E-state index < -0.39 is 11.6 Å². The number of carboxylic acids is 1. The molecular weight excluding hydrogens is 246 g/mol. The fourth-order valence-corrected chi connectivity index (χ4v) is 1.43. The topological polar surface area (TPSA) is 75.6 Å². The Bertz CT molecular complexity index is 468. The van der Waals surface area contributed by atoms with E-state index in [1.807, 2.05) is 6.07 Å². The number of nitrogens with one attached hydrogen (secondary N) is 1. The van der Waals surface area contributed by atoms with Crippen LogP contribution in [0.2, 0.25) is 0 Å². The summed E-state index contributed by atoms with van der Waals surface area (Å²) < 4.78 is 5.09. The first kappa shape index (κ1) is 15.2. The standard InChI is InChI=1S/C14H19NO4/c1-14(2,19-3)13(18)15-11-6-4-5-10(9-11)7-8-12(16)17/h4-6,9H,7-8H2,1-3H3,(H,15,18)(H,16,17). The van der Waals surface area contributed by atoms with Crippen LogP contribution in [0.15, 0.2) is 24.3 Å². The van der Waals surface area contributed by atoms with Crippen molar-refractivity contribution in [3.8, 4) is 0 Å². The van der Waals surface area contributed by atoms with Crippen LogP contribution in [0.3, 0.4) is 0 Å². The van der Waals surface area contributed by atoms with E-state index in [1.165, 1.54) is 7.11 Å². The van der Waals surface area contributed by atoms with Gasteiger partial charge in [0.15, 0.2) is 0 Å². The molecule has 0 bridgehead atoms. The van der Waals surface area contributed by atoms with Gasteiger partial charge in [-0.25, -0.2) is 0 Å². The van der Waals surface area contributed by atoms with Crippen molar-refractivity contribution in [1.29, 1.82) is 0 Å². The predicted octanol–water partition coefficient (Wildman–Crippen LogP) is 2.07. The number of carbonyl (C=O) groups is 2. The van der Waals surface area contributed by atoms with Crippen molar-refractivity contribution in [3.05, 3.63) is 29.8 Å². The first-order valence-electron chi connectivity index (χ1n) is 6.02. The highest BCUT2D eigenvalue weighted by Gasteiger charge is 2.26. The minimum atomic E-state index is -0.906. The first-order chi connectivity index (χ1) is 8.85. The van der Waals surface area contributed by atoms with Crippen LogP contribution < -0.4 is 5.32 Å². The minimum Gasteiger partial charge on any atom is -0.481 e. The molecule has 1 rings (SSSR count). The summed E-state index contributed by atoms with van der Waals surface area (Å²) in [5.74, 6) is -1.08. The highest BCUT2D eigenvalue weighted by molar-refractivity contribution is 5.96.